The van der Waals surface area contributed by atoms with Crippen LogP contribution in [0, 0.1) is 0 Å². The van der Waals surface area contributed by atoms with E-state index in [2.05, 4.69) is 6.92 Å². The first-order chi connectivity index (χ1) is 12.1. The number of carbonyl (C=O) groups excluding carboxylic acids is 1. The molecule has 0 amide bonds. The molecule has 1 aliphatic rings. The van der Waals surface area contributed by atoms with Crippen LogP contribution < -0.4 is 0 Å². The number of hydrogen-bond acceptors (Lipinski definition) is 5. The van der Waals surface area contributed by atoms with E-state index in [9.17, 15) is 4.79 Å². The fourth-order valence-corrected chi connectivity index (χ4v) is 2.94. The van der Waals surface area contributed by atoms with Crippen LogP contribution in [0.4, 0.5) is 0 Å². The van der Waals surface area contributed by atoms with Gasteiger partial charge in [0.25, 0.3) is 0 Å². The number of nitrogens with zero attached hydrogens (tertiary/aromatic N) is 1. The summed E-state index contributed by atoms with van der Waals surface area (Å²) in [5, 5.41) is 0. The van der Waals surface area contributed by atoms with Crippen LogP contribution in [-0.4, -0.2) is 57.1 Å². The third kappa shape index (κ3) is 12.4. The minimum Gasteiger partial charge on any atom is -0.463 e. The van der Waals surface area contributed by atoms with Gasteiger partial charge in [0.1, 0.15) is 6.61 Å². The number of esters is 1. The maximum atomic E-state index is 11.6. The molecule has 0 unspecified atom stereocenters. The van der Waals surface area contributed by atoms with E-state index in [0.29, 0.717) is 19.6 Å². The number of carbonyl (C=O) groups is 1. The molecule has 0 aliphatic carbocycles. The molecule has 0 aromatic heterocycles. The first-order valence-corrected chi connectivity index (χ1v) is 10.2. The Kier molecular flexibility index (Phi) is 13.0. The first kappa shape index (κ1) is 22.4. The van der Waals surface area contributed by atoms with Crippen LogP contribution in [0.1, 0.15) is 77.6 Å². The highest BCUT2D eigenvalue weighted by atomic mass is 16.7. The van der Waals surface area contributed by atoms with Gasteiger partial charge in [0, 0.05) is 19.6 Å². The third-order valence-corrected chi connectivity index (χ3v) is 4.56. The zero-order valence-electron chi connectivity index (χ0n) is 16.6. The van der Waals surface area contributed by atoms with Gasteiger partial charge in [-0.1, -0.05) is 51.9 Å². The Morgan fingerprint density at radius 1 is 1.04 bits per heavy atom. The molecule has 1 fully saturated rings. The second-order valence-electron chi connectivity index (χ2n) is 7.35. The number of ether oxygens (including phenoxy) is 3. The van der Waals surface area contributed by atoms with Crippen molar-refractivity contribution in [3.8, 4) is 0 Å². The van der Waals surface area contributed by atoms with E-state index >= 15 is 0 Å². The molecule has 0 N–H and O–H groups in total. The van der Waals surface area contributed by atoms with Crippen molar-refractivity contribution in [2.75, 3.05) is 33.9 Å². The van der Waals surface area contributed by atoms with Crippen LogP contribution in [0.2, 0.25) is 0 Å². The molecule has 1 rings (SSSR count). The van der Waals surface area contributed by atoms with Gasteiger partial charge in [0.15, 0.2) is 6.29 Å². The maximum Gasteiger partial charge on any atom is 0.307 e. The Morgan fingerprint density at radius 2 is 1.72 bits per heavy atom. The summed E-state index contributed by atoms with van der Waals surface area (Å²) in [6, 6.07) is 0. The quantitative estimate of drug-likeness (QED) is 0.325. The molecule has 1 heterocycles. The molecule has 0 radical (unpaired) electrons. The van der Waals surface area contributed by atoms with Gasteiger partial charge < -0.3 is 19.1 Å². The monoisotopic (exact) mass is 357 g/mol. The average Bonchev–Trinajstić information content (AvgIpc) is 3.04. The van der Waals surface area contributed by atoms with Gasteiger partial charge in [-0.05, 0) is 26.9 Å². The Balaban J connectivity index is 1.92. The molecule has 5 heteroatoms. The molecule has 0 aromatic carbocycles. The van der Waals surface area contributed by atoms with Crippen molar-refractivity contribution < 1.29 is 19.0 Å². The van der Waals surface area contributed by atoms with Gasteiger partial charge in [0.05, 0.1) is 12.5 Å². The van der Waals surface area contributed by atoms with Gasteiger partial charge in [-0.15, -0.1) is 0 Å². The number of hydrogen-bond donors (Lipinski definition) is 0. The van der Waals surface area contributed by atoms with E-state index in [0.717, 1.165) is 25.9 Å². The molecule has 0 spiro atoms. The topological polar surface area (TPSA) is 48.0 Å². The molecule has 2 atom stereocenters. The van der Waals surface area contributed by atoms with Crippen molar-refractivity contribution in [1.29, 1.82) is 0 Å². The van der Waals surface area contributed by atoms with Gasteiger partial charge in [-0.3, -0.25) is 4.79 Å². The van der Waals surface area contributed by atoms with Crippen LogP contribution in [0.5, 0.6) is 0 Å². The lowest BCUT2D eigenvalue weighted by Crippen LogP contribution is -2.23. The summed E-state index contributed by atoms with van der Waals surface area (Å²) in [7, 11) is 3.89. The molecule has 5 nitrogen and oxygen atoms in total. The van der Waals surface area contributed by atoms with E-state index < -0.39 is 0 Å². The first-order valence-electron chi connectivity index (χ1n) is 10.2. The van der Waals surface area contributed by atoms with E-state index in [1.165, 1.54) is 44.9 Å². The lowest BCUT2D eigenvalue weighted by atomic mass is 10.1. The van der Waals surface area contributed by atoms with Gasteiger partial charge >= 0.3 is 5.97 Å². The van der Waals surface area contributed by atoms with E-state index in [1.807, 2.05) is 19.0 Å². The van der Waals surface area contributed by atoms with Gasteiger partial charge in [-0.25, -0.2) is 0 Å². The summed E-state index contributed by atoms with van der Waals surface area (Å²) >= 11 is 0. The molecule has 1 saturated heterocycles. The minimum absolute atomic E-state index is 0.00753. The van der Waals surface area contributed by atoms with Crippen LogP contribution >= 0.6 is 0 Å². The van der Waals surface area contributed by atoms with Crippen molar-refractivity contribution in [3.63, 3.8) is 0 Å². The van der Waals surface area contributed by atoms with Crippen LogP contribution in [-0.2, 0) is 19.0 Å². The lowest BCUT2D eigenvalue weighted by molar-refractivity contribution is -0.160. The highest BCUT2D eigenvalue weighted by Crippen LogP contribution is 2.21. The SMILES string of the molecule is CCCCCCCCCCO[C@H]1CC[C@@H](COC(=O)CCN(C)C)O1. The summed E-state index contributed by atoms with van der Waals surface area (Å²) in [6.07, 6.45) is 12.5. The standard InChI is InChI=1S/C20H39NO4/c1-4-5-6-7-8-9-10-11-16-23-20-13-12-18(25-20)17-24-19(22)14-15-21(2)3/h18,20H,4-17H2,1-3H3/t18-,20+/m0/s1. The maximum absolute atomic E-state index is 11.6. The number of rotatable bonds is 15. The molecular formula is C20H39NO4. The van der Waals surface area contributed by atoms with Crippen molar-refractivity contribution in [2.45, 2.75) is 89.9 Å². The summed E-state index contributed by atoms with van der Waals surface area (Å²) < 4.78 is 16.9. The van der Waals surface area contributed by atoms with E-state index in [-0.39, 0.29) is 18.4 Å². The average molecular weight is 358 g/mol. The van der Waals surface area contributed by atoms with E-state index in [1.54, 1.807) is 0 Å². The summed E-state index contributed by atoms with van der Waals surface area (Å²) in [5.41, 5.74) is 0. The summed E-state index contributed by atoms with van der Waals surface area (Å²) in [6.45, 7) is 4.09. The highest BCUT2D eigenvalue weighted by molar-refractivity contribution is 5.69. The van der Waals surface area contributed by atoms with Gasteiger partial charge in [-0.2, -0.15) is 0 Å². The highest BCUT2D eigenvalue weighted by Gasteiger charge is 2.26. The van der Waals surface area contributed by atoms with Crippen LogP contribution in [0.25, 0.3) is 0 Å². The largest absolute Gasteiger partial charge is 0.463 e. The van der Waals surface area contributed by atoms with Crippen molar-refractivity contribution in [1.82, 2.24) is 4.90 Å². The molecule has 1 aliphatic heterocycles. The Bertz CT molecular complexity index is 336. The molecule has 0 bridgehead atoms. The minimum atomic E-state index is -0.152. The fourth-order valence-electron chi connectivity index (χ4n) is 2.94. The molecular weight excluding hydrogens is 318 g/mol. The molecule has 0 saturated carbocycles. The van der Waals surface area contributed by atoms with Crippen molar-refractivity contribution >= 4 is 5.97 Å². The zero-order valence-corrected chi connectivity index (χ0v) is 16.6. The molecule has 0 aromatic rings. The normalized spacial score (nSPS) is 20.3. The summed E-state index contributed by atoms with van der Waals surface area (Å²) in [4.78, 5) is 13.6. The Labute approximate surface area is 154 Å². The number of unbranched alkanes of at least 4 members (excludes halogenated alkanes) is 7. The summed E-state index contributed by atoms with van der Waals surface area (Å²) in [5.74, 6) is -0.152. The van der Waals surface area contributed by atoms with Crippen LogP contribution in [0.15, 0.2) is 0 Å². The third-order valence-electron chi connectivity index (χ3n) is 4.56. The lowest BCUT2D eigenvalue weighted by Gasteiger charge is -2.15. The van der Waals surface area contributed by atoms with Crippen molar-refractivity contribution in [2.24, 2.45) is 0 Å². The predicted molar refractivity (Wildman–Crippen MR) is 101 cm³/mol. The molecule has 25 heavy (non-hydrogen) atoms. The molecule has 148 valence electrons. The zero-order chi connectivity index (χ0) is 18.3. The van der Waals surface area contributed by atoms with Crippen LogP contribution in [0.3, 0.4) is 0 Å². The fraction of sp³-hybridized carbons (Fsp3) is 0.950. The second kappa shape index (κ2) is 14.5. The Hall–Kier alpha value is -0.650. The van der Waals surface area contributed by atoms with Gasteiger partial charge in [0.2, 0.25) is 0 Å². The second-order valence-corrected chi connectivity index (χ2v) is 7.35. The van der Waals surface area contributed by atoms with Crippen molar-refractivity contribution in [3.05, 3.63) is 0 Å². The smallest absolute Gasteiger partial charge is 0.307 e. The Morgan fingerprint density at radius 3 is 2.40 bits per heavy atom. The predicted octanol–water partition coefficient (Wildman–Crippen LogP) is 4.14. The van der Waals surface area contributed by atoms with E-state index in [4.69, 9.17) is 14.2 Å².